The summed E-state index contributed by atoms with van der Waals surface area (Å²) in [6.45, 7) is 7.97. The summed E-state index contributed by atoms with van der Waals surface area (Å²) >= 11 is 0. The molecule has 4 heterocycles. The standard InChI is InChI=1S/C36H39N7O2/c1-23-19-25(36(16-9-10-17-36)39-34(44)45-35(2,3)4)13-14-26(23)31-27(24-11-7-6-8-12-24)20-28-29(38-31)15-18-43-32(28)40-41-33(43)30-21-42(5)22-37-30/h6-8,11-15,18,20-23H,9-10,16-17,19H2,1-5H3,(H,39,44). The zero-order valence-corrected chi connectivity index (χ0v) is 26.5. The molecule has 7 rings (SSSR count). The first-order chi connectivity index (χ1) is 21.6. The Morgan fingerprint density at radius 2 is 1.84 bits per heavy atom. The fourth-order valence-corrected chi connectivity index (χ4v) is 6.89. The second-order valence-electron chi connectivity index (χ2n) is 13.5. The molecule has 0 radical (unpaired) electrons. The highest BCUT2D eigenvalue weighted by molar-refractivity contribution is 5.98. The number of nitrogens with zero attached hydrogens (tertiary/aromatic N) is 6. The van der Waals surface area contributed by atoms with Crippen LogP contribution >= 0.6 is 0 Å². The third-order valence-electron chi connectivity index (χ3n) is 9.00. The second-order valence-corrected chi connectivity index (χ2v) is 13.5. The van der Waals surface area contributed by atoms with Crippen LogP contribution in [0, 0.1) is 5.92 Å². The van der Waals surface area contributed by atoms with Crippen molar-refractivity contribution >= 4 is 28.2 Å². The van der Waals surface area contributed by atoms with Gasteiger partial charge in [-0.3, -0.25) is 4.40 Å². The molecule has 1 N–H and O–H groups in total. The van der Waals surface area contributed by atoms with Gasteiger partial charge in [-0.15, -0.1) is 10.2 Å². The van der Waals surface area contributed by atoms with Gasteiger partial charge in [-0.05, 0) is 74.8 Å². The SMILES string of the molecule is CC1CC(C2(NC(=O)OC(C)(C)C)CCCC2)=CC=C1c1nc2ccn3c(-c4cn(C)cn4)nnc3c2cc1-c1ccccc1. The summed E-state index contributed by atoms with van der Waals surface area (Å²) in [6.07, 6.45) is 14.6. The van der Waals surface area contributed by atoms with E-state index in [1.54, 1.807) is 6.33 Å². The van der Waals surface area contributed by atoms with Crippen LogP contribution in [-0.2, 0) is 11.8 Å². The van der Waals surface area contributed by atoms with Gasteiger partial charge in [-0.2, -0.15) is 0 Å². The molecular formula is C36H39N7O2. The molecule has 2 aliphatic carbocycles. The molecule has 230 valence electrons. The van der Waals surface area contributed by atoms with Gasteiger partial charge in [0.15, 0.2) is 11.5 Å². The number of hydrogen-bond acceptors (Lipinski definition) is 6. The van der Waals surface area contributed by atoms with Crippen LogP contribution in [0.25, 0.3) is 44.8 Å². The molecule has 1 fully saturated rings. The summed E-state index contributed by atoms with van der Waals surface area (Å²) < 4.78 is 9.56. The minimum Gasteiger partial charge on any atom is -0.444 e. The molecule has 1 aromatic carbocycles. The number of benzene rings is 1. The third-order valence-corrected chi connectivity index (χ3v) is 9.00. The molecule has 0 saturated heterocycles. The normalized spacial score (nSPS) is 18.2. The van der Waals surface area contributed by atoms with Gasteiger partial charge in [0, 0.05) is 30.4 Å². The fourth-order valence-electron chi connectivity index (χ4n) is 6.89. The first-order valence-corrected chi connectivity index (χ1v) is 15.8. The zero-order chi connectivity index (χ0) is 31.3. The van der Waals surface area contributed by atoms with Crippen molar-refractivity contribution in [3.05, 3.63) is 84.6 Å². The van der Waals surface area contributed by atoms with Crippen molar-refractivity contribution in [2.24, 2.45) is 13.0 Å². The molecular weight excluding hydrogens is 562 g/mol. The average molecular weight is 602 g/mol. The van der Waals surface area contributed by atoms with Gasteiger partial charge in [0.1, 0.15) is 11.3 Å². The predicted molar refractivity (Wildman–Crippen MR) is 176 cm³/mol. The van der Waals surface area contributed by atoms with Crippen LogP contribution in [0.2, 0.25) is 0 Å². The third kappa shape index (κ3) is 5.41. The second kappa shape index (κ2) is 11.0. The number of nitrogens with one attached hydrogen (secondary N) is 1. The van der Waals surface area contributed by atoms with Crippen LogP contribution < -0.4 is 5.32 Å². The van der Waals surface area contributed by atoms with Crippen molar-refractivity contribution in [2.45, 2.75) is 70.9 Å². The van der Waals surface area contributed by atoms with Crippen molar-refractivity contribution < 1.29 is 9.53 Å². The van der Waals surface area contributed by atoms with Gasteiger partial charge in [0.25, 0.3) is 0 Å². The number of rotatable bonds is 5. The van der Waals surface area contributed by atoms with Gasteiger partial charge in [-0.1, -0.05) is 62.2 Å². The number of aryl methyl sites for hydroxylation is 1. The molecule has 0 aliphatic heterocycles. The Balaban J connectivity index is 1.33. The number of carbonyl (C=O) groups is 1. The lowest BCUT2D eigenvalue weighted by molar-refractivity contribution is 0.0472. The summed E-state index contributed by atoms with van der Waals surface area (Å²) in [6, 6.07) is 14.6. The van der Waals surface area contributed by atoms with Gasteiger partial charge < -0.3 is 14.6 Å². The summed E-state index contributed by atoms with van der Waals surface area (Å²) in [7, 11) is 1.94. The number of aromatic nitrogens is 6. The molecule has 0 bridgehead atoms. The molecule has 1 atom stereocenters. The lowest BCUT2D eigenvalue weighted by Crippen LogP contribution is -2.50. The Bertz CT molecular complexity index is 1970. The Morgan fingerprint density at radius 3 is 2.53 bits per heavy atom. The number of alkyl carbamates (subject to hydrolysis) is 1. The van der Waals surface area contributed by atoms with Crippen molar-refractivity contribution in [2.75, 3.05) is 0 Å². The molecule has 4 aromatic heterocycles. The maximum atomic E-state index is 12.9. The molecule has 1 saturated carbocycles. The Kier molecular flexibility index (Phi) is 7.06. The van der Waals surface area contributed by atoms with E-state index >= 15 is 0 Å². The number of hydrogen-bond donors (Lipinski definition) is 1. The van der Waals surface area contributed by atoms with E-state index in [0.29, 0.717) is 5.82 Å². The van der Waals surface area contributed by atoms with Crippen molar-refractivity contribution in [1.82, 2.24) is 34.4 Å². The average Bonchev–Trinajstić information content (AvgIpc) is 3.76. The molecule has 45 heavy (non-hydrogen) atoms. The number of allylic oxidation sites excluding steroid dienone is 3. The number of imidazole rings is 1. The van der Waals surface area contributed by atoms with E-state index in [1.165, 1.54) is 11.1 Å². The summed E-state index contributed by atoms with van der Waals surface area (Å²) in [5, 5.41) is 13.3. The monoisotopic (exact) mass is 601 g/mol. The lowest BCUT2D eigenvalue weighted by Gasteiger charge is -2.37. The smallest absolute Gasteiger partial charge is 0.408 e. The largest absolute Gasteiger partial charge is 0.444 e. The molecule has 1 unspecified atom stereocenters. The number of amides is 1. The zero-order valence-electron chi connectivity index (χ0n) is 26.5. The van der Waals surface area contributed by atoms with Crippen LogP contribution in [0.3, 0.4) is 0 Å². The highest BCUT2D eigenvalue weighted by Crippen LogP contribution is 2.45. The van der Waals surface area contributed by atoms with Crippen LogP contribution in [0.15, 0.2) is 78.9 Å². The van der Waals surface area contributed by atoms with Crippen LogP contribution in [0.4, 0.5) is 4.79 Å². The van der Waals surface area contributed by atoms with Crippen molar-refractivity contribution in [3.63, 3.8) is 0 Å². The van der Waals surface area contributed by atoms with Gasteiger partial charge >= 0.3 is 6.09 Å². The fraction of sp³-hybridized carbons (Fsp3) is 0.361. The van der Waals surface area contributed by atoms with E-state index in [4.69, 9.17) is 9.72 Å². The highest BCUT2D eigenvalue weighted by atomic mass is 16.6. The summed E-state index contributed by atoms with van der Waals surface area (Å²) in [4.78, 5) is 22.7. The predicted octanol–water partition coefficient (Wildman–Crippen LogP) is 7.53. The molecule has 9 heteroatoms. The molecule has 5 aromatic rings. The van der Waals surface area contributed by atoms with Crippen LogP contribution in [0.5, 0.6) is 0 Å². The first-order valence-electron chi connectivity index (χ1n) is 15.8. The summed E-state index contributed by atoms with van der Waals surface area (Å²) in [5.74, 6) is 0.892. The topological polar surface area (TPSA) is 99.2 Å². The lowest BCUT2D eigenvalue weighted by atomic mass is 9.76. The Hall–Kier alpha value is -4.79. The number of carbonyl (C=O) groups excluding carboxylic acids is 1. The quantitative estimate of drug-likeness (QED) is 0.224. The van der Waals surface area contributed by atoms with E-state index in [0.717, 1.165) is 71.2 Å². The Labute approximate surface area is 263 Å². The van der Waals surface area contributed by atoms with Crippen LogP contribution in [0.1, 0.15) is 65.5 Å². The van der Waals surface area contributed by atoms with Crippen LogP contribution in [-0.4, -0.2) is 46.4 Å². The number of fused-ring (bicyclic) bond motifs is 3. The maximum Gasteiger partial charge on any atom is 0.408 e. The maximum absolute atomic E-state index is 12.9. The molecule has 2 aliphatic rings. The minimum absolute atomic E-state index is 0.197. The molecule has 1 amide bonds. The molecule has 0 spiro atoms. The van der Waals surface area contributed by atoms with Crippen molar-refractivity contribution in [3.8, 4) is 22.6 Å². The van der Waals surface area contributed by atoms with E-state index < -0.39 is 5.60 Å². The molecule has 9 nitrogen and oxygen atoms in total. The van der Waals surface area contributed by atoms with E-state index in [1.807, 2.05) is 61.3 Å². The van der Waals surface area contributed by atoms with Gasteiger partial charge in [0.2, 0.25) is 0 Å². The number of ether oxygens (including phenoxy) is 1. The van der Waals surface area contributed by atoms with E-state index in [9.17, 15) is 4.79 Å². The number of pyridine rings is 2. The van der Waals surface area contributed by atoms with E-state index in [-0.39, 0.29) is 17.6 Å². The van der Waals surface area contributed by atoms with Gasteiger partial charge in [-0.25, -0.2) is 14.8 Å². The first kappa shape index (κ1) is 29.0. The minimum atomic E-state index is -0.543. The van der Waals surface area contributed by atoms with Gasteiger partial charge in [0.05, 0.1) is 23.1 Å². The van der Waals surface area contributed by atoms with Crippen molar-refractivity contribution in [1.29, 1.82) is 0 Å². The Morgan fingerprint density at radius 1 is 1.07 bits per heavy atom. The highest BCUT2D eigenvalue weighted by Gasteiger charge is 2.41. The summed E-state index contributed by atoms with van der Waals surface area (Å²) in [5.41, 5.74) is 7.00. The van der Waals surface area contributed by atoms with E-state index in [2.05, 4.69) is 69.9 Å².